The molecule has 7 nitrogen and oxygen atoms in total. The Morgan fingerprint density at radius 1 is 0.224 bits per heavy atom. The number of thiophene rings is 2. The summed E-state index contributed by atoms with van der Waals surface area (Å²) < 4.78 is 19.2. The van der Waals surface area contributed by atoms with E-state index in [0.29, 0.717) is 0 Å². The Kier molecular flexibility index (Phi) is 19.9. The minimum absolute atomic E-state index is 0.860. The lowest BCUT2D eigenvalue weighted by molar-refractivity contribution is -0.591. The van der Waals surface area contributed by atoms with E-state index in [1.54, 1.807) is 0 Å². The average molecular weight is 1860 g/mol. The van der Waals surface area contributed by atoms with E-state index in [4.69, 9.17) is 9.40 Å². The zero-order valence-electron chi connectivity index (χ0n) is 77.5. The first-order valence-corrected chi connectivity index (χ1v) is 50.3. The quantitative estimate of drug-likeness (QED) is 0.102. The summed E-state index contributed by atoms with van der Waals surface area (Å²) in [6.45, 7) is 0. The first kappa shape index (κ1) is 82.8. The van der Waals surface area contributed by atoms with Crippen LogP contribution in [0.5, 0.6) is 0 Å². The Morgan fingerprint density at radius 3 is 1.03 bits per heavy atom. The van der Waals surface area contributed by atoms with Crippen molar-refractivity contribution in [3.8, 4) is 151 Å². The highest BCUT2D eigenvalue weighted by atomic mass is 32.1. The molecule has 0 radical (unpaired) electrons. The molecule has 0 fully saturated rings. The normalized spacial score (nSPS) is 11.8. The molecule has 0 spiro atoms. The van der Waals surface area contributed by atoms with Gasteiger partial charge in [0, 0.05) is 130 Å². The third-order valence-electron chi connectivity index (χ3n) is 28.8. The molecule has 0 unspecified atom stereocenters. The van der Waals surface area contributed by atoms with Crippen LogP contribution in [0.1, 0.15) is 0 Å². The molecular formula is C134H85N6OS2+. The maximum atomic E-state index is 6.69. The lowest BCUT2D eigenvalue weighted by atomic mass is 9.93. The molecule has 6 heterocycles. The summed E-state index contributed by atoms with van der Waals surface area (Å²) in [6, 6.07) is 183. The van der Waals surface area contributed by atoms with Crippen molar-refractivity contribution in [2.24, 2.45) is 0 Å². The number of hydrogen-bond donors (Lipinski definition) is 0. The van der Waals surface area contributed by atoms with Crippen LogP contribution in [0.2, 0.25) is 0 Å². The van der Waals surface area contributed by atoms with Gasteiger partial charge in [-0.3, -0.25) is 0 Å². The van der Waals surface area contributed by atoms with Crippen LogP contribution in [0.15, 0.2) is 520 Å². The largest absolute Gasteiger partial charge is 0.455 e. The van der Waals surface area contributed by atoms with E-state index in [1.807, 2.05) is 22.7 Å². The van der Waals surface area contributed by atoms with Crippen LogP contribution in [-0.2, 0) is 0 Å². The lowest BCUT2D eigenvalue weighted by Crippen LogP contribution is -2.37. The van der Waals surface area contributed by atoms with Gasteiger partial charge in [0.2, 0.25) is 0 Å². The Labute approximate surface area is 834 Å². The van der Waals surface area contributed by atoms with Crippen LogP contribution in [-0.4, -0.2) is 14.1 Å². The summed E-state index contributed by atoms with van der Waals surface area (Å²) in [5.74, 6) is 1.77. The van der Waals surface area contributed by atoms with Gasteiger partial charge >= 0.3 is 5.95 Å². The molecular weight excluding hydrogens is 1770 g/mol. The van der Waals surface area contributed by atoms with Crippen molar-refractivity contribution in [2.75, 3.05) is 9.80 Å². The van der Waals surface area contributed by atoms with E-state index in [0.717, 1.165) is 107 Å². The second-order valence-electron chi connectivity index (χ2n) is 36.8. The third-order valence-corrected chi connectivity index (χ3v) is 31.0. The van der Waals surface area contributed by atoms with Gasteiger partial charge in [-0.05, 0) is 241 Å². The number of anilines is 6. The zero-order chi connectivity index (χ0) is 94.1. The summed E-state index contributed by atoms with van der Waals surface area (Å²) in [5.41, 5.74) is 41.3. The van der Waals surface area contributed by atoms with E-state index in [9.17, 15) is 0 Å². The van der Waals surface area contributed by atoms with Crippen molar-refractivity contribution in [3.63, 3.8) is 0 Å². The molecule has 6 aromatic heterocycles. The molecule has 21 aromatic carbocycles. The van der Waals surface area contributed by atoms with Crippen molar-refractivity contribution in [3.05, 3.63) is 516 Å². The van der Waals surface area contributed by atoms with Gasteiger partial charge in [-0.2, -0.15) is 4.57 Å². The summed E-state index contributed by atoms with van der Waals surface area (Å²) >= 11 is 3.78. The zero-order valence-corrected chi connectivity index (χ0v) is 79.1. The summed E-state index contributed by atoms with van der Waals surface area (Å²) in [4.78, 5) is 10.1. The van der Waals surface area contributed by atoms with Gasteiger partial charge < -0.3 is 18.8 Å². The summed E-state index contributed by atoms with van der Waals surface area (Å²) in [6.07, 6.45) is 2.22. The number of aromatic nitrogens is 4. The molecule has 9 heteroatoms. The Morgan fingerprint density at radius 2 is 0.545 bits per heavy atom. The number of benzene rings is 21. The SMILES string of the molecule is c1ccc(-c2c3c4c(cccc4n2-c2nc4ccccc4c[n+]2-c2ccccc2)-c2cccc4sc5cccc-3c5c24)cc1.c1ccc(-c2ccc(N(c3ccccc3)c3ccc(-n4c(-c5ccccc5)c5c6c(cccc64)-c4cccc6sc7cccc-5c7c46)cc3)cc2)cc1.c1ccc(N(c2ccccc2)c2ccc(-c3ccc(-c4oc5cccc6c5c4-c4ccccc4-c4ccccc4-6)cc3)cc2)cc1. The van der Waals surface area contributed by atoms with Crippen LogP contribution < -0.4 is 14.4 Å². The van der Waals surface area contributed by atoms with Crippen LogP contribution >= 0.6 is 22.7 Å². The van der Waals surface area contributed by atoms with Gasteiger partial charge in [-0.25, -0.2) is 4.57 Å². The average Bonchev–Trinajstić information content (AvgIpc) is 1.53. The van der Waals surface area contributed by atoms with Crippen molar-refractivity contribution >= 4 is 141 Å². The van der Waals surface area contributed by atoms with E-state index in [2.05, 4.69) is 539 Å². The molecule has 0 saturated heterocycles. The number of furan rings is 1. The maximum Gasteiger partial charge on any atom is 0.409 e. The van der Waals surface area contributed by atoms with Gasteiger partial charge in [0.05, 0.1) is 17.4 Å². The fraction of sp³-hybridized carbons (Fsp3) is 0. The minimum atomic E-state index is 0.860. The highest BCUT2D eigenvalue weighted by Crippen LogP contribution is 2.59. The summed E-state index contributed by atoms with van der Waals surface area (Å²) in [7, 11) is 0. The Hall–Kier alpha value is -18.4. The number of fused-ring (bicyclic) bond motifs is 10. The molecule has 27 aromatic rings. The van der Waals surface area contributed by atoms with Crippen molar-refractivity contribution < 1.29 is 8.98 Å². The first-order valence-electron chi connectivity index (χ1n) is 48.7. The van der Waals surface area contributed by atoms with Crippen molar-refractivity contribution in [1.82, 2.24) is 14.1 Å². The van der Waals surface area contributed by atoms with Crippen LogP contribution in [0.4, 0.5) is 34.1 Å². The molecule has 0 atom stereocenters. The van der Waals surface area contributed by atoms with Gasteiger partial charge in [0.15, 0.2) is 5.52 Å². The van der Waals surface area contributed by atoms with Gasteiger partial charge in [-0.15, -0.1) is 22.7 Å². The number of rotatable bonds is 14. The second kappa shape index (κ2) is 34.3. The molecule has 0 amide bonds. The fourth-order valence-corrected chi connectivity index (χ4v) is 24.9. The predicted octanol–water partition coefficient (Wildman–Crippen LogP) is 37.1. The van der Waals surface area contributed by atoms with Crippen LogP contribution in [0.3, 0.4) is 0 Å². The number of hydrogen-bond acceptors (Lipinski definition) is 6. The van der Waals surface area contributed by atoms with E-state index >= 15 is 0 Å². The molecule has 3 aliphatic carbocycles. The molecule has 0 bridgehead atoms. The Bertz CT molecular complexity index is 9620. The molecule has 143 heavy (non-hydrogen) atoms. The standard InChI is InChI=1S/C50H32N2S.C44H29NO.C40H24N3S/c1-4-13-33(14-5-1)34-25-27-37(28-26-34)51(36-17-8-3-9-18-36)38-29-31-39(32-30-38)52-43-22-10-19-40-41-20-11-23-44-47(41)48-42(21-12-24-45(48)53-44)49(46(40)43)50(52)35-15-6-2-7-16-35;1-3-12-33(13-4-1)45(34-14-5-2-6-15-34)35-28-26-31(27-29-35)30-22-24-32(25-23-30)44-43-40-19-10-9-18-38(40)36-16-7-8-17-37(36)39-20-11-21-41(46-44)42(39)43;1-3-12-25(13-4-1)39-38-30-19-11-23-34-37(30)36-29(18-10-22-33(36)44-34)28-17-9-21-32(35(28)38)43(39)40-41-31-20-8-7-14-26(31)24-42(40)27-15-5-2-6-16-27/h1-32H;1-29H;1-24H/q;;+1. The molecule has 0 aliphatic heterocycles. The third kappa shape index (κ3) is 13.8. The minimum Gasteiger partial charge on any atom is -0.455 e. The highest BCUT2D eigenvalue weighted by molar-refractivity contribution is 7.26. The van der Waals surface area contributed by atoms with Crippen molar-refractivity contribution in [1.29, 1.82) is 0 Å². The van der Waals surface area contributed by atoms with Gasteiger partial charge in [-0.1, -0.05) is 363 Å². The van der Waals surface area contributed by atoms with E-state index < -0.39 is 0 Å². The van der Waals surface area contributed by atoms with E-state index in [1.165, 1.54) is 162 Å². The van der Waals surface area contributed by atoms with Crippen molar-refractivity contribution in [2.45, 2.75) is 0 Å². The number of para-hydroxylation sites is 5. The lowest BCUT2D eigenvalue weighted by Gasteiger charge is -2.26. The molecule has 0 saturated carbocycles. The fourth-order valence-electron chi connectivity index (χ4n) is 22.6. The van der Waals surface area contributed by atoms with Crippen LogP contribution in [0.25, 0.3) is 235 Å². The van der Waals surface area contributed by atoms with Crippen LogP contribution in [0, 0.1) is 0 Å². The summed E-state index contributed by atoms with van der Waals surface area (Å²) in [5, 5.41) is 10.3. The van der Waals surface area contributed by atoms with Gasteiger partial charge in [0.25, 0.3) is 0 Å². The molecule has 0 N–H and O–H groups in total. The molecule has 30 rings (SSSR count). The smallest absolute Gasteiger partial charge is 0.409 e. The Balaban J connectivity index is 0.000000105. The predicted molar refractivity (Wildman–Crippen MR) is 601 cm³/mol. The van der Waals surface area contributed by atoms with Gasteiger partial charge in [0.1, 0.15) is 28.2 Å². The first-order chi connectivity index (χ1) is 71.0. The topological polar surface area (TPSA) is 46.2 Å². The second-order valence-corrected chi connectivity index (χ2v) is 38.9. The van der Waals surface area contributed by atoms with E-state index in [-0.39, 0.29) is 0 Å². The maximum absolute atomic E-state index is 6.69. The molecule has 668 valence electrons. The monoisotopic (exact) mass is 1860 g/mol. The number of nitrogens with zero attached hydrogens (tertiary/aromatic N) is 6. The molecule has 3 aliphatic rings. The highest BCUT2D eigenvalue weighted by Gasteiger charge is 2.37.